The fourth-order valence-electron chi connectivity index (χ4n) is 3.76. The Morgan fingerprint density at radius 3 is 2.17 bits per heavy atom. The summed E-state index contributed by atoms with van der Waals surface area (Å²) in [6.07, 6.45) is 2.79. The summed E-state index contributed by atoms with van der Waals surface area (Å²) in [4.78, 5) is 17.1. The van der Waals surface area contributed by atoms with Crippen LogP contribution in [-0.4, -0.2) is 41.1 Å². The van der Waals surface area contributed by atoms with E-state index in [0.29, 0.717) is 11.1 Å². The minimum Gasteiger partial charge on any atom is -0.339 e. The summed E-state index contributed by atoms with van der Waals surface area (Å²) >= 11 is 0. The molecule has 1 aliphatic rings. The van der Waals surface area contributed by atoms with E-state index in [4.69, 9.17) is 0 Å². The van der Waals surface area contributed by atoms with E-state index in [1.807, 2.05) is 0 Å². The number of aryl methyl sites for hydroxylation is 1. The Bertz CT molecular complexity index is 1170. The fourth-order valence-corrected chi connectivity index (χ4v) is 5.22. The minimum absolute atomic E-state index is 0.0445. The molecule has 0 N–H and O–H groups in total. The maximum absolute atomic E-state index is 13.4. The van der Waals surface area contributed by atoms with Gasteiger partial charge in [0.05, 0.1) is 6.33 Å². The molecule has 0 radical (unpaired) electrons. The van der Waals surface area contributed by atoms with Crippen LogP contribution < -0.4 is 0 Å². The summed E-state index contributed by atoms with van der Waals surface area (Å²) < 4.78 is 55.5. The van der Waals surface area contributed by atoms with Crippen molar-refractivity contribution in [3.05, 3.63) is 83.8 Å². The first-order valence-electron chi connectivity index (χ1n) is 9.29. The van der Waals surface area contributed by atoms with Crippen LogP contribution in [0, 0.1) is 17.6 Å². The highest BCUT2D eigenvalue weighted by atomic mass is 32.2. The SMILES string of the molecule is Cn1cnc(S(=O)(=O)N2C[C@H](C(=O)c3ccc(F)cc3)[C@@H](c3ccc(F)cc3)C2)c1. The van der Waals surface area contributed by atoms with Crippen molar-refractivity contribution in [2.24, 2.45) is 13.0 Å². The van der Waals surface area contributed by atoms with Gasteiger partial charge >= 0.3 is 0 Å². The van der Waals surface area contributed by atoms with Gasteiger partial charge in [-0.1, -0.05) is 12.1 Å². The van der Waals surface area contributed by atoms with Crippen molar-refractivity contribution in [2.45, 2.75) is 10.9 Å². The Hall–Kier alpha value is -2.91. The number of hydrogen-bond donors (Lipinski definition) is 0. The van der Waals surface area contributed by atoms with Crippen LogP contribution in [0.2, 0.25) is 0 Å². The number of rotatable bonds is 5. The number of sulfonamides is 1. The summed E-state index contributed by atoms with van der Waals surface area (Å²) in [5.74, 6) is -2.34. The molecule has 0 bridgehead atoms. The number of carbonyl (C=O) groups excluding carboxylic acids is 1. The zero-order valence-corrected chi connectivity index (χ0v) is 16.9. The van der Waals surface area contributed by atoms with E-state index in [1.165, 1.54) is 57.8 Å². The second kappa shape index (κ2) is 7.73. The molecule has 0 unspecified atom stereocenters. The molecule has 0 saturated carbocycles. The maximum atomic E-state index is 13.4. The molecule has 2 atom stereocenters. The normalized spacial score (nSPS) is 19.8. The van der Waals surface area contributed by atoms with E-state index < -0.39 is 33.5 Å². The average Bonchev–Trinajstić information content (AvgIpc) is 3.36. The van der Waals surface area contributed by atoms with Crippen molar-refractivity contribution >= 4 is 15.8 Å². The van der Waals surface area contributed by atoms with Crippen molar-refractivity contribution in [2.75, 3.05) is 13.1 Å². The molecule has 2 aromatic carbocycles. The summed E-state index contributed by atoms with van der Waals surface area (Å²) in [5.41, 5.74) is 0.959. The molecule has 0 spiro atoms. The number of aromatic nitrogens is 2. The topological polar surface area (TPSA) is 72.3 Å². The predicted molar refractivity (Wildman–Crippen MR) is 105 cm³/mol. The first kappa shape index (κ1) is 20.4. The van der Waals surface area contributed by atoms with E-state index in [-0.39, 0.29) is 23.9 Å². The number of hydrogen-bond acceptors (Lipinski definition) is 4. The van der Waals surface area contributed by atoms with Crippen LogP contribution in [0.25, 0.3) is 0 Å². The number of nitrogens with zero attached hydrogens (tertiary/aromatic N) is 3. The standard InChI is InChI=1S/C21H19F2N3O3S/c1-25-12-20(24-13-25)30(28,29)26-10-18(14-2-6-16(22)7-3-14)19(11-26)21(27)15-4-8-17(23)9-5-15/h2-9,12-13,18-19H,10-11H2,1H3/t18-,19+/m1/s1. The van der Waals surface area contributed by atoms with Gasteiger partial charge in [-0.2, -0.15) is 4.31 Å². The van der Waals surface area contributed by atoms with Crippen molar-refractivity contribution in [3.63, 3.8) is 0 Å². The Morgan fingerprint density at radius 2 is 1.60 bits per heavy atom. The van der Waals surface area contributed by atoms with Crippen LogP contribution >= 0.6 is 0 Å². The third-order valence-electron chi connectivity index (χ3n) is 5.34. The van der Waals surface area contributed by atoms with Crippen molar-refractivity contribution in [3.8, 4) is 0 Å². The van der Waals surface area contributed by atoms with Crippen LogP contribution in [-0.2, 0) is 17.1 Å². The van der Waals surface area contributed by atoms with Gasteiger partial charge in [-0.15, -0.1) is 0 Å². The zero-order valence-electron chi connectivity index (χ0n) is 16.1. The Balaban J connectivity index is 1.71. The summed E-state index contributed by atoms with van der Waals surface area (Å²) in [5, 5.41) is -0.0993. The second-order valence-electron chi connectivity index (χ2n) is 7.34. The monoisotopic (exact) mass is 431 g/mol. The molecule has 3 aromatic rings. The molecule has 1 aromatic heterocycles. The minimum atomic E-state index is -3.91. The van der Waals surface area contributed by atoms with E-state index in [2.05, 4.69) is 4.98 Å². The van der Waals surface area contributed by atoms with Crippen LogP contribution in [0.15, 0.2) is 66.1 Å². The molecule has 156 valence electrons. The van der Waals surface area contributed by atoms with Gasteiger partial charge in [0.15, 0.2) is 10.8 Å². The summed E-state index contributed by atoms with van der Waals surface area (Å²) in [6, 6.07) is 10.8. The molecular formula is C21H19F2N3O3S. The zero-order chi connectivity index (χ0) is 21.5. The number of ketones is 1. The lowest BCUT2D eigenvalue weighted by Gasteiger charge is -2.17. The van der Waals surface area contributed by atoms with Gasteiger partial charge in [0, 0.05) is 43.7 Å². The molecule has 6 nitrogen and oxygen atoms in total. The maximum Gasteiger partial charge on any atom is 0.262 e. The first-order valence-corrected chi connectivity index (χ1v) is 10.7. The van der Waals surface area contributed by atoms with Gasteiger partial charge in [-0.25, -0.2) is 22.2 Å². The van der Waals surface area contributed by atoms with Gasteiger partial charge in [0.2, 0.25) is 0 Å². The molecule has 2 heterocycles. The van der Waals surface area contributed by atoms with Crippen molar-refractivity contribution in [1.29, 1.82) is 0 Å². The van der Waals surface area contributed by atoms with Gasteiger partial charge in [-0.3, -0.25) is 4.79 Å². The van der Waals surface area contributed by atoms with Gasteiger partial charge in [0.1, 0.15) is 11.6 Å². The fraction of sp³-hybridized carbons (Fsp3) is 0.238. The molecule has 30 heavy (non-hydrogen) atoms. The first-order chi connectivity index (χ1) is 14.3. The predicted octanol–water partition coefficient (Wildman–Crippen LogP) is 2.99. The molecule has 1 aliphatic heterocycles. The Morgan fingerprint density at radius 1 is 1.00 bits per heavy atom. The van der Waals surface area contributed by atoms with Gasteiger partial charge < -0.3 is 4.57 Å². The molecule has 4 rings (SSSR count). The molecule has 9 heteroatoms. The van der Waals surface area contributed by atoms with E-state index >= 15 is 0 Å². The third kappa shape index (κ3) is 3.78. The molecule has 1 saturated heterocycles. The summed E-state index contributed by atoms with van der Waals surface area (Å²) in [6.45, 7) is 0.0132. The Kier molecular flexibility index (Phi) is 5.25. The lowest BCUT2D eigenvalue weighted by Crippen LogP contribution is -2.30. The van der Waals surface area contributed by atoms with Crippen molar-refractivity contribution < 1.29 is 22.0 Å². The van der Waals surface area contributed by atoms with Gasteiger partial charge in [-0.05, 0) is 42.0 Å². The number of Topliss-reactive ketones (excluding diaryl/α,β-unsaturated/α-hetero) is 1. The molecule has 1 fully saturated rings. The van der Waals surface area contributed by atoms with Crippen LogP contribution in [0.5, 0.6) is 0 Å². The van der Waals surface area contributed by atoms with E-state index in [9.17, 15) is 22.0 Å². The molecular weight excluding hydrogens is 412 g/mol. The van der Waals surface area contributed by atoms with Crippen LogP contribution in [0.1, 0.15) is 21.8 Å². The van der Waals surface area contributed by atoms with Crippen LogP contribution in [0.3, 0.4) is 0 Å². The van der Waals surface area contributed by atoms with Gasteiger partial charge in [0.25, 0.3) is 10.0 Å². The van der Waals surface area contributed by atoms with Crippen LogP contribution in [0.4, 0.5) is 8.78 Å². The highest BCUT2D eigenvalue weighted by molar-refractivity contribution is 7.89. The quantitative estimate of drug-likeness (QED) is 0.583. The molecule has 0 aliphatic carbocycles. The van der Waals surface area contributed by atoms with E-state index in [1.54, 1.807) is 19.2 Å². The highest BCUT2D eigenvalue weighted by Crippen LogP contribution is 2.37. The smallest absolute Gasteiger partial charge is 0.262 e. The van der Waals surface area contributed by atoms with Crippen molar-refractivity contribution in [1.82, 2.24) is 13.9 Å². The number of imidazole rings is 1. The largest absolute Gasteiger partial charge is 0.339 e. The third-order valence-corrected chi connectivity index (χ3v) is 7.05. The highest BCUT2D eigenvalue weighted by Gasteiger charge is 2.44. The second-order valence-corrected chi connectivity index (χ2v) is 9.22. The summed E-state index contributed by atoms with van der Waals surface area (Å²) in [7, 11) is -2.24. The molecule has 0 amide bonds. The number of carbonyl (C=O) groups is 1. The number of halogens is 2. The average molecular weight is 431 g/mol. The Labute approximate surface area is 172 Å². The van der Waals surface area contributed by atoms with E-state index in [0.717, 1.165) is 0 Å². The number of benzene rings is 2. The lowest BCUT2D eigenvalue weighted by atomic mass is 9.84. The lowest BCUT2D eigenvalue weighted by molar-refractivity contribution is 0.0918.